The van der Waals surface area contributed by atoms with Crippen LogP contribution >= 0.6 is 0 Å². The van der Waals surface area contributed by atoms with E-state index >= 15 is 0 Å². The molecular weight excluding hydrogens is 374 g/mol. The fourth-order valence-corrected chi connectivity index (χ4v) is 3.04. The third kappa shape index (κ3) is 6.48. The molecule has 0 aromatic heterocycles. The van der Waals surface area contributed by atoms with Crippen LogP contribution < -0.4 is 16.0 Å². The molecule has 0 aliphatic rings. The average molecular weight is 402 g/mol. The van der Waals surface area contributed by atoms with Gasteiger partial charge in [0.1, 0.15) is 0 Å². The van der Waals surface area contributed by atoms with Crippen LogP contribution in [0.15, 0.2) is 72.8 Å². The maximum Gasteiger partial charge on any atom is 0.243 e. The van der Waals surface area contributed by atoms with Crippen LogP contribution in [0.5, 0.6) is 0 Å². The van der Waals surface area contributed by atoms with Crippen LogP contribution in [0.2, 0.25) is 0 Å². The summed E-state index contributed by atoms with van der Waals surface area (Å²) in [5, 5.41) is 8.90. The Morgan fingerprint density at radius 3 is 2.17 bits per heavy atom. The van der Waals surface area contributed by atoms with E-state index < -0.39 is 0 Å². The Balaban J connectivity index is 1.48. The van der Waals surface area contributed by atoms with Crippen molar-refractivity contribution in [1.82, 2.24) is 0 Å². The maximum absolute atomic E-state index is 12.2. The number of nitrogens with one attached hydrogen (secondary N) is 3. The molecule has 5 nitrogen and oxygen atoms in total. The van der Waals surface area contributed by atoms with Crippen molar-refractivity contribution in [2.75, 3.05) is 22.5 Å². The number of amides is 2. The number of rotatable bonds is 8. The molecule has 0 bridgehead atoms. The third-order valence-electron chi connectivity index (χ3n) is 4.87. The molecule has 0 unspecified atom stereocenters. The van der Waals surface area contributed by atoms with Crippen molar-refractivity contribution in [3.63, 3.8) is 0 Å². The maximum atomic E-state index is 12.2. The highest BCUT2D eigenvalue weighted by molar-refractivity contribution is 5.94. The molecular formula is C25H27N3O2. The first-order valence-corrected chi connectivity index (χ1v) is 10.0. The predicted octanol–water partition coefficient (Wildman–Crippen LogP) is 4.93. The summed E-state index contributed by atoms with van der Waals surface area (Å²) in [7, 11) is 0. The molecule has 0 atom stereocenters. The lowest BCUT2D eigenvalue weighted by Gasteiger charge is -2.11. The highest BCUT2D eigenvalue weighted by atomic mass is 16.2. The largest absolute Gasteiger partial charge is 0.376 e. The normalized spacial score (nSPS) is 10.3. The molecule has 0 heterocycles. The van der Waals surface area contributed by atoms with Gasteiger partial charge in [-0.3, -0.25) is 9.59 Å². The van der Waals surface area contributed by atoms with Gasteiger partial charge in [0.15, 0.2) is 0 Å². The van der Waals surface area contributed by atoms with Crippen LogP contribution in [0.3, 0.4) is 0 Å². The Bertz CT molecular complexity index is 1020. The van der Waals surface area contributed by atoms with Crippen molar-refractivity contribution in [2.45, 2.75) is 26.7 Å². The summed E-state index contributed by atoms with van der Waals surface area (Å²) in [5.41, 5.74) is 5.71. The fourth-order valence-electron chi connectivity index (χ4n) is 3.04. The number of hydrogen-bond donors (Lipinski definition) is 3. The summed E-state index contributed by atoms with van der Waals surface area (Å²) in [6.45, 7) is 4.19. The fraction of sp³-hybridized carbons (Fsp3) is 0.200. The van der Waals surface area contributed by atoms with Crippen LogP contribution in [0.1, 0.15) is 23.1 Å². The van der Waals surface area contributed by atoms with Crippen LogP contribution in [0.4, 0.5) is 17.1 Å². The smallest absolute Gasteiger partial charge is 0.243 e. The van der Waals surface area contributed by atoms with E-state index in [0.29, 0.717) is 18.5 Å². The second kappa shape index (κ2) is 10.3. The third-order valence-corrected chi connectivity index (χ3v) is 4.87. The highest BCUT2D eigenvalue weighted by Crippen LogP contribution is 2.17. The molecule has 0 radical (unpaired) electrons. The molecule has 0 fully saturated rings. The Hall–Kier alpha value is -3.60. The summed E-state index contributed by atoms with van der Waals surface area (Å²) < 4.78 is 0. The quantitative estimate of drug-likeness (QED) is 0.501. The van der Waals surface area contributed by atoms with E-state index in [1.165, 1.54) is 5.56 Å². The lowest BCUT2D eigenvalue weighted by molar-refractivity contribution is -0.116. The highest BCUT2D eigenvalue weighted by Gasteiger charge is 2.06. The van der Waals surface area contributed by atoms with Gasteiger partial charge < -0.3 is 16.0 Å². The molecule has 0 saturated heterocycles. The number of carbonyl (C=O) groups excluding carboxylic acids is 2. The summed E-state index contributed by atoms with van der Waals surface area (Å²) in [6.07, 6.45) is 1.11. The van der Waals surface area contributed by atoms with Gasteiger partial charge in [0.2, 0.25) is 11.8 Å². The number of anilines is 3. The van der Waals surface area contributed by atoms with E-state index in [2.05, 4.69) is 16.0 Å². The van der Waals surface area contributed by atoms with Gasteiger partial charge in [0, 0.05) is 23.5 Å². The lowest BCUT2D eigenvalue weighted by atomic mass is 10.1. The first-order valence-electron chi connectivity index (χ1n) is 10.0. The van der Waals surface area contributed by atoms with E-state index in [4.69, 9.17) is 0 Å². The lowest BCUT2D eigenvalue weighted by Crippen LogP contribution is -2.22. The van der Waals surface area contributed by atoms with Gasteiger partial charge in [-0.2, -0.15) is 0 Å². The van der Waals surface area contributed by atoms with Crippen molar-refractivity contribution in [3.05, 3.63) is 89.5 Å². The Morgan fingerprint density at radius 2 is 1.40 bits per heavy atom. The minimum Gasteiger partial charge on any atom is -0.376 e. The van der Waals surface area contributed by atoms with E-state index in [9.17, 15) is 9.59 Å². The molecule has 3 rings (SSSR count). The van der Waals surface area contributed by atoms with Crippen LogP contribution in [-0.2, 0) is 16.0 Å². The minimum atomic E-state index is -0.129. The first kappa shape index (κ1) is 21.1. The molecule has 5 heteroatoms. The summed E-state index contributed by atoms with van der Waals surface area (Å²) in [6, 6.07) is 23.1. The number of hydrogen-bond acceptors (Lipinski definition) is 3. The Labute approximate surface area is 177 Å². The van der Waals surface area contributed by atoms with Crippen molar-refractivity contribution < 1.29 is 9.59 Å². The zero-order valence-electron chi connectivity index (χ0n) is 17.4. The zero-order chi connectivity index (χ0) is 21.3. The number of benzene rings is 3. The Kier molecular flexibility index (Phi) is 7.22. The minimum absolute atomic E-state index is 0.0384. The second-order valence-corrected chi connectivity index (χ2v) is 7.32. The summed E-state index contributed by atoms with van der Waals surface area (Å²) in [5.74, 6) is -0.168. The molecule has 0 aliphatic carbocycles. The van der Waals surface area contributed by atoms with Crippen molar-refractivity contribution in [3.8, 4) is 0 Å². The van der Waals surface area contributed by atoms with Gasteiger partial charge in [-0.25, -0.2) is 0 Å². The first-order chi connectivity index (χ1) is 14.5. The molecule has 3 aromatic carbocycles. The second-order valence-electron chi connectivity index (χ2n) is 7.32. The van der Waals surface area contributed by atoms with Crippen LogP contribution in [-0.4, -0.2) is 18.4 Å². The van der Waals surface area contributed by atoms with Gasteiger partial charge >= 0.3 is 0 Å². The van der Waals surface area contributed by atoms with E-state index in [-0.39, 0.29) is 18.4 Å². The monoisotopic (exact) mass is 401 g/mol. The average Bonchev–Trinajstić information content (AvgIpc) is 2.74. The molecule has 30 heavy (non-hydrogen) atoms. The molecule has 0 saturated carbocycles. The zero-order valence-corrected chi connectivity index (χ0v) is 17.4. The van der Waals surface area contributed by atoms with Gasteiger partial charge in [-0.05, 0) is 67.3 Å². The molecule has 0 aliphatic heterocycles. The molecule has 154 valence electrons. The van der Waals surface area contributed by atoms with Crippen LogP contribution in [0, 0.1) is 13.8 Å². The van der Waals surface area contributed by atoms with E-state index in [1.807, 2.05) is 86.6 Å². The standard InChI is InChI=1S/C25H27N3O2/c1-18-11-13-23(15-19(18)2)28-25(30)17-26-21-9-6-10-22(16-21)27-24(29)14-12-20-7-4-3-5-8-20/h3-11,13,15-16,26H,12,14,17H2,1-2H3,(H,27,29)(H,28,30). The predicted molar refractivity (Wildman–Crippen MR) is 123 cm³/mol. The van der Waals surface area contributed by atoms with Gasteiger partial charge in [-0.15, -0.1) is 0 Å². The van der Waals surface area contributed by atoms with E-state index in [1.54, 1.807) is 0 Å². The molecule has 3 N–H and O–H groups in total. The van der Waals surface area contributed by atoms with Crippen molar-refractivity contribution in [1.29, 1.82) is 0 Å². The Morgan fingerprint density at radius 1 is 0.700 bits per heavy atom. The van der Waals surface area contributed by atoms with Gasteiger partial charge in [0.25, 0.3) is 0 Å². The molecule has 3 aromatic rings. The van der Waals surface area contributed by atoms with Crippen molar-refractivity contribution >= 4 is 28.9 Å². The molecule has 2 amide bonds. The van der Waals surface area contributed by atoms with E-state index in [0.717, 1.165) is 22.5 Å². The van der Waals surface area contributed by atoms with Crippen molar-refractivity contribution in [2.24, 2.45) is 0 Å². The number of aryl methyl sites for hydroxylation is 3. The topological polar surface area (TPSA) is 70.2 Å². The summed E-state index contributed by atoms with van der Waals surface area (Å²) >= 11 is 0. The number of carbonyl (C=O) groups is 2. The molecule has 0 spiro atoms. The van der Waals surface area contributed by atoms with Crippen LogP contribution in [0.25, 0.3) is 0 Å². The SMILES string of the molecule is Cc1ccc(NC(=O)CNc2cccc(NC(=O)CCc3ccccc3)c2)cc1C. The summed E-state index contributed by atoms with van der Waals surface area (Å²) in [4.78, 5) is 24.4. The van der Waals surface area contributed by atoms with Gasteiger partial charge in [-0.1, -0.05) is 42.5 Å². The van der Waals surface area contributed by atoms with Gasteiger partial charge in [0.05, 0.1) is 6.54 Å².